The highest BCUT2D eigenvalue weighted by Gasteiger charge is 2.36. The molecule has 0 radical (unpaired) electrons. The fourth-order valence-corrected chi connectivity index (χ4v) is 4.39. The lowest BCUT2D eigenvalue weighted by molar-refractivity contribution is 0.169. The maximum atomic E-state index is 12.2. The van der Waals surface area contributed by atoms with Gasteiger partial charge in [-0.25, -0.2) is 12.7 Å². The van der Waals surface area contributed by atoms with E-state index in [-0.39, 0.29) is 6.54 Å². The summed E-state index contributed by atoms with van der Waals surface area (Å²) in [6, 6.07) is 0.421. The van der Waals surface area contributed by atoms with Crippen LogP contribution in [0.5, 0.6) is 0 Å². The topological polar surface area (TPSA) is 66.6 Å². The van der Waals surface area contributed by atoms with Crippen molar-refractivity contribution < 1.29 is 8.42 Å². The zero-order valence-electron chi connectivity index (χ0n) is 11.2. The normalized spacial score (nSPS) is 29.6. The van der Waals surface area contributed by atoms with Crippen molar-refractivity contribution in [3.8, 4) is 0 Å². The predicted octanol–water partition coefficient (Wildman–Crippen LogP) is 0.224. The fourth-order valence-electron chi connectivity index (χ4n) is 2.90. The Morgan fingerprint density at radius 2 is 1.89 bits per heavy atom. The molecule has 0 aliphatic carbocycles. The van der Waals surface area contributed by atoms with E-state index in [1.807, 2.05) is 0 Å². The molecule has 2 unspecified atom stereocenters. The Bertz CT molecular complexity index is 366. The second kappa shape index (κ2) is 5.86. The van der Waals surface area contributed by atoms with Gasteiger partial charge in [0.2, 0.25) is 10.0 Å². The van der Waals surface area contributed by atoms with Gasteiger partial charge in [-0.3, -0.25) is 4.90 Å². The number of piperidine rings is 1. The fraction of sp³-hybridized carbons (Fsp3) is 1.00. The van der Waals surface area contributed by atoms with Crippen LogP contribution in [0.2, 0.25) is 0 Å². The summed E-state index contributed by atoms with van der Waals surface area (Å²) >= 11 is 0. The van der Waals surface area contributed by atoms with Gasteiger partial charge in [-0.15, -0.1) is 0 Å². The Morgan fingerprint density at radius 3 is 2.50 bits per heavy atom. The van der Waals surface area contributed by atoms with Gasteiger partial charge in [0.15, 0.2) is 0 Å². The van der Waals surface area contributed by atoms with Crippen LogP contribution in [0.1, 0.15) is 32.6 Å². The predicted molar refractivity (Wildman–Crippen MR) is 72.8 cm³/mol. The Kier molecular flexibility index (Phi) is 4.64. The molecule has 2 fully saturated rings. The van der Waals surface area contributed by atoms with Gasteiger partial charge in [-0.2, -0.15) is 0 Å². The minimum Gasteiger partial charge on any atom is -0.329 e. The Labute approximate surface area is 110 Å². The summed E-state index contributed by atoms with van der Waals surface area (Å²) in [5, 5.41) is -0.461. The molecule has 2 aliphatic heterocycles. The average Bonchev–Trinajstić information content (AvgIpc) is 2.89. The van der Waals surface area contributed by atoms with Crippen LogP contribution in [0.15, 0.2) is 0 Å². The molecule has 0 amide bonds. The molecule has 2 aliphatic rings. The highest BCUT2D eigenvalue weighted by molar-refractivity contribution is 7.89. The first-order valence-corrected chi connectivity index (χ1v) is 8.49. The van der Waals surface area contributed by atoms with E-state index in [0.717, 1.165) is 19.5 Å². The van der Waals surface area contributed by atoms with Gasteiger partial charge in [0.1, 0.15) is 0 Å². The highest BCUT2D eigenvalue weighted by Crippen LogP contribution is 2.23. The van der Waals surface area contributed by atoms with Crippen LogP contribution in [0.25, 0.3) is 0 Å². The van der Waals surface area contributed by atoms with Gasteiger partial charge >= 0.3 is 0 Å². The quantitative estimate of drug-likeness (QED) is 0.797. The van der Waals surface area contributed by atoms with Crippen LogP contribution in [-0.4, -0.2) is 61.6 Å². The van der Waals surface area contributed by atoms with Crippen molar-refractivity contribution in [2.24, 2.45) is 5.73 Å². The molecule has 0 saturated carbocycles. The molecule has 2 rings (SSSR count). The minimum absolute atomic E-state index is 0.202. The minimum atomic E-state index is -3.18. The van der Waals surface area contributed by atoms with E-state index in [1.165, 1.54) is 19.3 Å². The van der Waals surface area contributed by atoms with Crippen molar-refractivity contribution in [2.45, 2.75) is 43.9 Å². The second-order valence-corrected chi connectivity index (χ2v) is 7.84. The Hall–Kier alpha value is -0.170. The van der Waals surface area contributed by atoms with Crippen LogP contribution in [-0.2, 0) is 10.0 Å². The number of nitrogens with zero attached hydrogens (tertiary/aromatic N) is 2. The first-order chi connectivity index (χ1) is 8.55. The zero-order valence-corrected chi connectivity index (χ0v) is 12.0. The number of rotatable bonds is 4. The number of hydrogen-bond donors (Lipinski definition) is 1. The summed E-state index contributed by atoms with van der Waals surface area (Å²) in [7, 11) is -3.18. The van der Waals surface area contributed by atoms with Gasteiger partial charge in [-0.05, 0) is 39.3 Å². The number of likely N-dealkylation sites (tertiary alicyclic amines) is 1. The third-order valence-electron chi connectivity index (χ3n) is 4.23. The molecule has 6 heteroatoms. The maximum absolute atomic E-state index is 12.2. The summed E-state index contributed by atoms with van der Waals surface area (Å²) in [6.07, 6.45) is 4.79. The molecule has 2 heterocycles. The molecule has 0 aromatic heterocycles. The van der Waals surface area contributed by atoms with Crippen molar-refractivity contribution in [3.05, 3.63) is 0 Å². The lowest BCUT2D eigenvalue weighted by Crippen LogP contribution is -2.44. The largest absolute Gasteiger partial charge is 0.329 e. The molecular weight excluding hydrogens is 250 g/mol. The van der Waals surface area contributed by atoms with Gasteiger partial charge < -0.3 is 5.73 Å². The van der Waals surface area contributed by atoms with Gasteiger partial charge in [0.25, 0.3) is 0 Å². The molecule has 0 spiro atoms. The number of sulfonamides is 1. The van der Waals surface area contributed by atoms with Crippen molar-refractivity contribution >= 4 is 10.0 Å². The Morgan fingerprint density at radius 1 is 1.22 bits per heavy atom. The van der Waals surface area contributed by atoms with E-state index in [2.05, 4.69) is 4.90 Å². The smallest absolute Gasteiger partial charge is 0.218 e. The summed E-state index contributed by atoms with van der Waals surface area (Å²) in [5.74, 6) is 0. The third-order valence-corrected chi connectivity index (χ3v) is 6.49. The molecule has 0 bridgehead atoms. The van der Waals surface area contributed by atoms with Crippen LogP contribution in [0.3, 0.4) is 0 Å². The average molecular weight is 275 g/mol. The van der Waals surface area contributed by atoms with Crippen LogP contribution < -0.4 is 5.73 Å². The molecule has 2 saturated heterocycles. The van der Waals surface area contributed by atoms with Gasteiger partial charge in [-0.1, -0.05) is 6.42 Å². The molecule has 5 nitrogen and oxygen atoms in total. The van der Waals surface area contributed by atoms with E-state index in [9.17, 15) is 8.42 Å². The molecule has 18 heavy (non-hydrogen) atoms. The number of hydrogen-bond acceptors (Lipinski definition) is 4. The lowest BCUT2D eigenvalue weighted by atomic mass is 10.1. The van der Waals surface area contributed by atoms with Crippen LogP contribution in [0.4, 0.5) is 0 Å². The zero-order chi connectivity index (χ0) is 13.2. The molecule has 0 aromatic rings. The third kappa shape index (κ3) is 2.87. The maximum Gasteiger partial charge on any atom is 0.218 e. The van der Waals surface area contributed by atoms with E-state index in [0.29, 0.717) is 19.1 Å². The summed E-state index contributed by atoms with van der Waals surface area (Å²) < 4.78 is 26.1. The SMILES string of the molecule is CC(CN)S(=O)(=O)N1CCC(N2CCCCC2)C1. The van der Waals surface area contributed by atoms with Crippen LogP contribution >= 0.6 is 0 Å². The van der Waals surface area contributed by atoms with Crippen molar-refractivity contribution in [3.63, 3.8) is 0 Å². The monoisotopic (exact) mass is 275 g/mol. The van der Waals surface area contributed by atoms with Crippen molar-refractivity contribution in [2.75, 3.05) is 32.7 Å². The highest BCUT2D eigenvalue weighted by atomic mass is 32.2. The summed E-state index contributed by atoms with van der Waals surface area (Å²) in [4.78, 5) is 2.46. The van der Waals surface area contributed by atoms with Gasteiger partial charge in [0, 0.05) is 25.7 Å². The first-order valence-electron chi connectivity index (χ1n) is 6.99. The van der Waals surface area contributed by atoms with Crippen LogP contribution in [0, 0.1) is 0 Å². The van der Waals surface area contributed by atoms with E-state index in [4.69, 9.17) is 5.73 Å². The molecule has 2 atom stereocenters. The summed E-state index contributed by atoms with van der Waals surface area (Å²) in [6.45, 7) is 5.48. The van der Waals surface area contributed by atoms with E-state index < -0.39 is 15.3 Å². The van der Waals surface area contributed by atoms with Crippen molar-refractivity contribution in [1.29, 1.82) is 0 Å². The molecule has 2 N–H and O–H groups in total. The van der Waals surface area contributed by atoms with Crippen molar-refractivity contribution in [1.82, 2.24) is 9.21 Å². The molecular formula is C12H25N3O2S. The second-order valence-electron chi connectivity index (χ2n) is 5.49. The molecule has 0 aromatic carbocycles. The van der Waals surface area contributed by atoms with E-state index in [1.54, 1.807) is 11.2 Å². The van der Waals surface area contributed by atoms with E-state index >= 15 is 0 Å². The molecule has 106 valence electrons. The Balaban J connectivity index is 1.95. The first kappa shape index (κ1) is 14.2. The summed E-state index contributed by atoms with van der Waals surface area (Å²) in [5.41, 5.74) is 5.49. The van der Waals surface area contributed by atoms with Gasteiger partial charge in [0.05, 0.1) is 5.25 Å². The standard InChI is InChI=1S/C12H25N3O2S/c1-11(9-13)18(16,17)15-8-5-12(10-15)14-6-3-2-4-7-14/h11-12H,2-10,13H2,1H3. The lowest BCUT2D eigenvalue weighted by Gasteiger charge is -2.32. The number of nitrogens with two attached hydrogens (primary N) is 1.